The summed E-state index contributed by atoms with van der Waals surface area (Å²) in [7, 11) is -3.66. The zero-order valence-electron chi connectivity index (χ0n) is 18.0. The second kappa shape index (κ2) is 8.84. The highest BCUT2D eigenvalue weighted by Crippen LogP contribution is 2.30. The van der Waals surface area contributed by atoms with Gasteiger partial charge in [-0.3, -0.25) is 4.79 Å². The molecule has 0 atom stereocenters. The van der Waals surface area contributed by atoms with E-state index in [4.69, 9.17) is 21.4 Å². The summed E-state index contributed by atoms with van der Waals surface area (Å²) in [6.45, 7) is 8.56. The zero-order chi connectivity index (χ0) is 22.9. The van der Waals surface area contributed by atoms with E-state index in [2.05, 4.69) is 4.98 Å². The number of nitrogens with one attached hydrogen (secondary N) is 1. The van der Waals surface area contributed by atoms with Crippen molar-refractivity contribution in [1.29, 1.82) is 0 Å². The van der Waals surface area contributed by atoms with Gasteiger partial charge in [-0.25, -0.2) is 22.8 Å². The molecule has 0 unspecified atom stereocenters. The van der Waals surface area contributed by atoms with Gasteiger partial charge >= 0.3 is 0 Å². The summed E-state index contributed by atoms with van der Waals surface area (Å²) < 4.78 is 32.1. The molecule has 0 bridgehead atoms. The Hall–Kier alpha value is -2.65. The van der Waals surface area contributed by atoms with Crippen LogP contribution in [0, 0.1) is 5.92 Å². The van der Waals surface area contributed by atoms with Crippen molar-refractivity contribution < 1.29 is 17.9 Å². The first-order chi connectivity index (χ1) is 14.5. The third kappa shape index (κ3) is 5.34. The summed E-state index contributed by atoms with van der Waals surface area (Å²) in [4.78, 5) is 16.6. The maximum atomic E-state index is 12.3. The molecule has 0 aliphatic rings. The molecule has 1 N–H and O–H groups in total. The molecule has 1 aromatic carbocycles. The van der Waals surface area contributed by atoms with Crippen molar-refractivity contribution in [2.75, 3.05) is 12.9 Å². The van der Waals surface area contributed by atoms with Gasteiger partial charge in [0.25, 0.3) is 5.91 Å². The van der Waals surface area contributed by atoms with E-state index in [-0.39, 0.29) is 11.5 Å². The van der Waals surface area contributed by atoms with Crippen LogP contribution in [0.25, 0.3) is 16.6 Å². The van der Waals surface area contributed by atoms with Gasteiger partial charge < -0.3 is 4.74 Å². The second-order valence-corrected chi connectivity index (χ2v) is 10.2. The molecule has 2 heterocycles. The number of nitrogens with zero attached hydrogens (tertiary/aromatic N) is 3. The SMILES string of the molecule is CC(C)COc1ncc(-n2nc(C(C)C)c3cc(C(=O)NS(C)(=O)=O)ccc32)cc1Cl. The molecule has 8 nitrogen and oxygen atoms in total. The Morgan fingerprint density at radius 2 is 1.94 bits per heavy atom. The van der Waals surface area contributed by atoms with Gasteiger partial charge in [-0.1, -0.05) is 39.3 Å². The summed E-state index contributed by atoms with van der Waals surface area (Å²) in [6.07, 6.45) is 2.56. The number of carbonyl (C=O) groups excluding carboxylic acids is 1. The maximum absolute atomic E-state index is 12.3. The molecule has 0 spiro atoms. The number of aromatic nitrogens is 3. The normalized spacial score (nSPS) is 12.0. The van der Waals surface area contributed by atoms with Gasteiger partial charge in [0.15, 0.2) is 0 Å². The Morgan fingerprint density at radius 3 is 2.52 bits per heavy atom. The maximum Gasteiger partial charge on any atom is 0.264 e. The summed E-state index contributed by atoms with van der Waals surface area (Å²) in [6, 6.07) is 6.65. The first-order valence-corrected chi connectivity index (χ1v) is 12.1. The van der Waals surface area contributed by atoms with Crippen LogP contribution in [-0.4, -0.2) is 42.0 Å². The lowest BCUT2D eigenvalue weighted by molar-refractivity contribution is 0.0982. The van der Waals surface area contributed by atoms with Crippen LogP contribution in [0.5, 0.6) is 5.88 Å². The van der Waals surface area contributed by atoms with Crippen molar-refractivity contribution in [2.45, 2.75) is 33.6 Å². The summed E-state index contributed by atoms with van der Waals surface area (Å²) in [5.74, 6) is 0.0759. The van der Waals surface area contributed by atoms with Crippen LogP contribution in [0.1, 0.15) is 49.7 Å². The molecular weight excluding hydrogens is 440 g/mol. The fourth-order valence-corrected chi connectivity index (χ4v) is 3.69. The number of halogens is 1. The predicted molar refractivity (Wildman–Crippen MR) is 121 cm³/mol. The van der Waals surface area contributed by atoms with Crippen LogP contribution in [0.15, 0.2) is 30.5 Å². The highest BCUT2D eigenvalue weighted by molar-refractivity contribution is 7.89. The van der Waals surface area contributed by atoms with E-state index < -0.39 is 15.9 Å². The number of hydrogen-bond donors (Lipinski definition) is 1. The van der Waals surface area contributed by atoms with E-state index in [0.29, 0.717) is 29.1 Å². The largest absolute Gasteiger partial charge is 0.476 e. The van der Waals surface area contributed by atoms with Crippen LogP contribution >= 0.6 is 11.6 Å². The van der Waals surface area contributed by atoms with Crippen LogP contribution < -0.4 is 9.46 Å². The van der Waals surface area contributed by atoms with Gasteiger partial charge in [0, 0.05) is 10.9 Å². The van der Waals surface area contributed by atoms with Gasteiger partial charge in [-0.05, 0) is 36.1 Å². The third-order valence-corrected chi connectivity index (χ3v) is 5.21. The number of pyridine rings is 1. The van der Waals surface area contributed by atoms with E-state index in [1.165, 1.54) is 0 Å². The average molecular weight is 465 g/mol. The van der Waals surface area contributed by atoms with Crippen molar-refractivity contribution in [1.82, 2.24) is 19.5 Å². The fraction of sp³-hybridized carbons (Fsp3) is 0.381. The Bertz CT molecular complexity index is 1240. The number of amides is 1. The van der Waals surface area contributed by atoms with Crippen molar-refractivity contribution in [3.05, 3.63) is 46.7 Å². The van der Waals surface area contributed by atoms with Crippen LogP contribution in [0.3, 0.4) is 0 Å². The molecule has 10 heteroatoms. The number of rotatable bonds is 7. The summed E-state index contributed by atoms with van der Waals surface area (Å²) in [5.41, 5.74) is 2.38. The third-order valence-electron chi connectivity index (χ3n) is 4.39. The van der Waals surface area contributed by atoms with Gasteiger partial charge in [-0.2, -0.15) is 5.10 Å². The molecular formula is C21H25ClN4O4S. The summed E-state index contributed by atoms with van der Waals surface area (Å²) in [5, 5.41) is 5.82. The predicted octanol–water partition coefficient (Wildman–Crippen LogP) is 3.92. The van der Waals surface area contributed by atoms with Crippen LogP contribution in [0.2, 0.25) is 5.02 Å². The van der Waals surface area contributed by atoms with Crippen LogP contribution in [0.4, 0.5) is 0 Å². The standard InChI is InChI=1S/C21H25ClN4O4S/c1-12(2)11-30-21-17(22)9-15(10-23-21)26-18-7-6-14(20(27)25-31(5,28)29)8-16(18)19(24-26)13(3)4/h6-10,12-13H,11H2,1-5H3,(H,25,27). The van der Waals surface area contributed by atoms with E-state index >= 15 is 0 Å². The van der Waals surface area contributed by atoms with E-state index in [1.807, 2.05) is 32.4 Å². The minimum Gasteiger partial charge on any atom is -0.476 e. The highest BCUT2D eigenvalue weighted by Gasteiger charge is 2.19. The molecule has 3 aromatic rings. The molecule has 0 fully saturated rings. The van der Waals surface area contributed by atoms with Crippen LogP contribution in [-0.2, 0) is 10.0 Å². The van der Waals surface area contributed by atoms with Crippen molar-refractivity contribution >= 4 is 38.4 Å². The Balaban J connectivity index is 2.06. The minimum atomic E-state index is -3.66. The molecule has 0 saturated carbocycles. The van der Waals surface area contributed by atoms with Gasteiger partial charge in [-0.15, -0.1) is 0 Å². The molecule has 2 aromatic heterocycles. The molecule has 1 amide bonds. The second-order valence-electron chi connectivity index (χ2n) is 8.07. The molecule has 0 saturated heterocycles. The smallest absolute Gasteiger partial charge is 0.264 e. The zero-order valence-corrected chi connectivity index (χ0v) is 19.6. The monoisotopic (exact) mass is 464 g/mol. The lowest BCUT2D eigenvalue weighted by atomic mass is 10.0. The van der Waals surface area contributed by atoms with Crippen molar-refractivity contribution in [3.63, 3.8) is 0 Å². The number of carbonyl (C=O) groups is 1. The minimum absolute atomic E-state index is 0.0639. The lowest BCUT2D eigenvalue weighted by Gasteiger charge is -2.10. The Morgan fingerprint density at radius 1 is 1.23 bits per heavy atom. The number of fused-ring (bicyclic) bond motifs is 1. The number of hydrogen-bond acceptors (Lipinski definition) is 6. The molecule has 0 aliphatic carbocycles. The topological polar surface area (TPSA) is 103 Å². The molecule has 0 aliphatic heterocycles. The van der Waals surface area contributed by atoms with Gasteiger partial charge in [0.1, 0.15) is 5.02 Å². The highest BCUT2D eigenvalue weighted by atomic mass is 35.5. The fourth-order valence-electron chi connectivity index (χ4n) is 3.02. The van der Waals surface area contributed by atoms with E-state index in [1.54, 1.807) is 35.1 Å². The number of ether oxygens (including phenoxy) is 1. The molecule has 31 heavy (non-hydrogen) atoms. The Kier molecular flexibility index (Phi) is 6.56. The first kappa shape index (κ1) is 23.0. The lowest BCUT2D eigenvalue weighted by Crippen LogP contribution is -2.29. The first-order valence-electron chi connectivity index (χ1n) is 9.79. The van der Waals surface area contributed by atoms with Gasteiger partial charge in [0.05, 0.1) is 36.0 Å². The molecule has 3 rings (SSSR count). The molecule has 0 radical (unpaired) electrons. The average Bonchev–Trinajstić information content (AvgIpc) is 3.04. The number of benzene rings is 1. The van der Waals surface area contributed by atoms with E-state index in [9.17, 15) is 13.2 Å². The van der Waals surface area contributed by atoms with E-state index in [0.717, 1.165) is 22.9 Å². The molecule has 166 valence electrons. The number of sulfonamides is 1. The van der Waals surface area contributed by atoms with Crippen molar-refractivity contribution in [3.8, 4) is 11.6 Å². The summed E-state index contributed by atoms with van der Waals surface area (Å²) >= 11 is 6.37. The quantitative estimate of drug-likeness (QED) is 0.568. The van der Waals surface area contributed by atoms with Crippen molar-refractivity contribution in [2.24, 2.45) is 5.92 Å². The van der Waals surface area contributed by atoms with Gasteiger partial charge in [0.2, 0.25) is 15.9 Å². The Labute approximate surface area is 186 Å².